The summed E-state index contributed by atoms with van der Waals surface area (Å²) in [5, 5.41) is 5.56. The number of rotatable bonds is 3. The average molecular weight is 322 g/mol. The maximum absolute atomic E-state index is 13.0. The summed E-state index contributed by atoms with van der Waals surface area (Å²) in [5.74, 6) is 0.0457. The first kappa shape index (κ1) is 15.0. The third-order valence-electron chi connectivity index (χ3n) is 5.11. The molecule has 3 aromatic rings. The predicted molar refractivity (Wildman–Crippen MR) is 94.0 cm³/mol. The Kier molecular flexibility index (Phi) is 3.63. The number of aromatic amines is 1. The normalized spacial score (nSPS) is 15.2. The number of nitrogens with one attached hydrogen (secondary N) is 1. The molecule has 0 aliphatic carbocycles. The number of carbonyl (C=O) groups excluding carboxylic acids is 1. The van der Waals surface area contributed by atoms with Crippen LogP contribution in [0.4, 0.5) is 0 Å². The van der Waals surface area contributed by atoms with Gasteiger partial charge in [-0.3, -0.25) is 9.48 Å². The van der Waals surface area contributed by atoms with Crippen molar-refractivity contribution in [3.8, 4) is 0 Å². The van der Waals surface area contributed by atoms with Crippen molar-refractivity contribution >= 4 is 16.8 Å². The van der Waals surface area contributed by atoms with Gasteiger partial charge in [-0.1, -0.05) is 18.2 Å². The van der Waals surface area contributed by atoms with Crippen molar-refractivity contribution in [1.29, 1.82) is 0 Å². The van der Waals surface area contributed by atoms with Crippen LogP contribution in [0.2, 0.25) is 0 Å². The van der Waals surface area contributed by atoms with Crippen molar-refractivity contribution in [2.24, 2.45) is 0 Å². The Labute approximate surface area is 141 Å². The molecule has 0 radical (unpaired) electrons. The molecule has 1 aromatic carbocycles. The number of benzene rings is 1. The van der Waals surface area contributed by atoms with Crippen LogP contribution in [0.3, 0.4) is 0 Å². The van der Waals surface area contributed by atoms with Gasteiger partial charge in [0.05, 0.1) is 23.5 Å². The molecule has 0 saturated heterocycles. The fraction of sp³-hybridized carbons (Fsp3) is 0.368. The van der Waals surface area contributed by atoms with Crippen molar-refractivity contribution < 1.29 is 4.79 Å². The highest BCUT2D eigenvalue weighted by Gasteiger charge is 2.25. The van der Waals surface area contributed by atoms with Gasteiger partial charge in [-0.25, -0.2) is 0 Å². The molecule has 4 rings (SSSR count). The number of para-hydroxylation sites is 1. The van der Waals surface area contributed by atoms with E-state index in [9.17, 15) is 4.79 Å². The number of carbonyl (C=O) groups is 1. The lowest BCUT2D eigenvalue weighted by molar-refractivity contribution is 0.0738. The molecule has 3 heterocycles. The van der Waals surface area contributed by atoms with E-state index in [1.54, 1.807) is 11.1 Å². The fourth-order valence-electron chi connectivity index (χ4n) is 3.50. The van der Waals surface area contributed by atoms with Gasteiger partial charge in [0.2, 0.25) is 0 Å². The van der Waals surface area contributed by atoms with Crippen molar-refractivity contribution in [2.45, 2.75) is 38.8 Å². The van der Waals surface area contributed by atoms with Crippen LogP contribution in [-0.2, 0) is 13.0 Å². The molecule has 2 aromatic heterocycles. The molecule has 1 atom stereocenters. The Bertz CT molecular complexity index is 859. The van der Waals surface area contributed by atoms with E-state index < -0.39 is 0 Å². The van der Waals surface area contributed by atoms with E-state index in [0.717, 1.165) is 48.3 Å². The monoisotopic (exact) mass is 322 g/mol. The van der Waals surface area contributed by atoms with Gasteiger partial charge in [-0.15, -0.1) is 0 Å². The fourth-order valence-corrected chi connectivity index (χ4v) is 3.50. The molecule has 0 fully saturated rings. The van der Waals surface area contributed by atoms with Crippen LogP contribution >= 0.6 is 0 Å². The van der Waals surface area contributed by atoms with Gasteiger partial charge in [0.15, 0.2) is 0 Å². The Morgan fingerprint density at radius 2 is 2.17 bits per heavy atom. The van der Waals surface area contributed by atoms with Crippen molar-refractivity contribution in [3.63, 3.8) is 0 Å². The number of H-pyrrole nitrogens is 1. The van der Waals surface area contributed by atoms with E-state index in [2.05, 4.69) is 35.2 Å². The summed E-state index contributed by atoms with van der Waals surface area (Å²) in [6.07, 6.45) is 4.95. The second-order valence-electron chi connectivity index (χ2n) is 6.59. The number of nitrogens with zero attached hydrogens (tertiary/aromatic N) is 3. The Morgan fingerprint density at radius 1 is 1.33 bits per heavy atom. The zero-order chi connectivity index (χ0) is 16.7. The number of amides is 1. The molecule has 1 aliphatic heterocycles. The Balaban J connectivity index is 1.61. The first-order chi connectivity index (χ1) is 11.6. The second kappa shape index (κ2) is 5.82. The van der Waals surface area contributed by atoms with E-state index in [1.165, 1.54) is 5.39 Å². The zero-order valence-corrected chi connectivity index (χ0v) is 14.1. The van der Waals surface area contributed by atoms with E-state index in [4.69, 9.17) is 0 Å². The molecule has 0 bridgehead atoms. The van der Waals surface area contributed by atoms with Gasteiger partial charge < -0.3 is 9.88 Å². The van der Waals surface area contributed by atoms with Crippen molar-refractivity contribution in [2.75, 3.05) is 7.05 Å². The van der Waals surface area contributed by atoms with E-state index in [1.807, 2.05) is 23.9 Å². The minimum atomic E-state index is -0.0240. The van der Waals surface area contributed by atoms with Crippen LogP contribution in [0.25, 0.3) is 10.9 Å². The molecule has 1 aliphatic rings. The summed E-state index contributed by atoms with van der Waals surface area (Å²) in [6, 6.07) is 10.3. The van der Waals surface area contributed by atoms with Gasteiger partial charge >= 0.3 is 0 Å². The van der Waals surface area contributed by atoms with Gasteiger partial charge in [-0.2, -0.15) is 5.10 Å². The quantitative estimate of drug-likeness (QED) is 0.802. The first-order valence-electron chi connectivity index (χ1n) is 8.54. The molecule has 124 valence electrons. The van der Waals surface area contributed by atoms with Crippen LogP contribution in [0.5, 0.6) is 0 Å². The molecule has 1 N–H and O–H groups in total. The standard InChI is InChI=1S/C19H22N4O/c1-13(17-11-14-7-3-4-8-16(14)21-17)22(2)19(24)15-12-20-23-10-6-5-9-18(15)23/h3-4,7-8,11-13,21H,5-6,9-10H2,1-2H3. The molecule has 0 saturated carbocycles. The van der Waals surface area contributed by atoms with E-state index >= 15 is 0 Å². The summed E-state index contributed by atoms with van der Waals surface area (Å²) in [4.78, 5) is 18.2. The summed E-state index contributed by atoms with van der Waals surface area (Å²) in [5.41, 5.74) is 3.98. The van der Waals surface area contributed by atoms with Crippen LogP contribution in [-0.4, -0.2) is 32.6 Å². The molecule has 1 amide bonds. The summed E-state index contributed by atoms with van der Waals surface area (Å²) in [6.45, 7) is 2.97. The lowest BCUT2D eigenvalue weighted by Crippen LogP contribution is -2.30. The lowest BCUT2D eigenvalue weighted by atomic mass is 10.1. The molecule has 24 heavy (non-hydrogen) atoms. The number of hydrogen-bond acceptors (Lipinski definition) is 2. The molecule has 5 heteroatoms. The Morgan fingerprint density at radius 3 is 3.00 bits per heavy atom. The molecule has 1 unspecified atom stereocenters. The minimum absolute atomic E-state index is 0.0240. The van der Waals surface area contributed by atoms with Gasteiger partial charge in [0.25, 0.3) is 5.91 Å². The minimum Gasteiger partial charge on any atom is -0.357 e. The van der Waals surface area contributed by atoms with E-state index in [-0.39, 0.29) is 11.9 Å². The molecular formula is C19H22N4O. The summed E-state index contributed by atoms with van der Waals surface area (Å²) >= 11 is 0. The number of fused-ring (bicyclic) bond motifs is 2. The zero-order valence-electron chi connectivity index (χ0n) is 14.1. The highest BCUT2D eigenvalue weighted by molar-refractivity contribution is 5.95. The highest BCUT2D eigenvalue weighted by Crippen LogP contribution is 2.26. The van der Waals surface area contributed by atoms with Crippen LogP contribution in [0.1, 0.15) is 47.6 Å². The van der Waals surface area contributed by atoms with E-state index in [0.29, 0.717) is 0 Å². The van der Waals surface area contributed by atoms with Crippen molar-refractivity contribution in [1.82, 2.24) is 19.7 Å². The first-order valence-corrected chi connectivity index (χ1v) is 8.54. The third kappa shape index (κ3) is 2.40. The highest BCUT2D eigenvalue weighted by atomic mass is 16.2. The van der Waals surface area contributed by atoms with Gasteiger partial charge in [0.1, 0.15) is 0 Å². The topological polar surface area (TPSA) is 53.9 Å². The Hall–Kier alpha value is -2.56. The second-order valence-corrected chi connectivity index (χ2v) is 6.59. The average Bonchev–Trinajstić information content (AvgIpc) is 3.23. The number of hydrogen-bond donors (Lipinski definition) is 1. The number of aryl methyl sites for hydroxylation is 1. The summed E-state index contributed by atoms with van der Waals surface area (Å²) < 4.78 is 1.98. The van der Waals surface area contributed by atoms with Crippen LogP contribution in [0, 0.1) is 0 Å². The third-order valence-corrected chi connectivity index (χ3v) is 5.11. The largest absolute Gasteiger partial charge is 0.357 e. The maximum atomic E-state index is 13.0. The van der Waals surface area contributed by atoms with Crippen LogP contribution in [0.15, 0.2) is 36.5 Å². The lowest BCUT2D eigenvalue weighted by Gasteiger charge is -2.25. The van der Waals surface area contributed by atoms with Gasteiger partial charge in [-0.05, 0) is 43.7 Å². The maximum Gasteiger partial charge on any atom is 0.257 e. The smallest absolute Gasteiger partial charge is 0.257 e. The van der Waals surface area contributed by atoms with Gasteiger partial charge in [0, 0.05) is 24.8 Å². The predicted octanol–water partition coefficient (Wildman–Crippen LogP) is 3.53. The molecular weight excluding hydrogens is 300 g/mol. The molecule has 5 nitrogen and oxygen atoms in total. The number of aromatic nitrogens is 3. The van der Waals surface area contributed by atoms with Crippen molar-refractivity contribution in [3.05, 3.63) is 53.5 Å². The summed E-state index contributed by atoms with van der Waals surface area (Å²) in [7, 11) is 1.87. The SMILES string of the molecule is CC(c1cc2ccccc2[nH]1)N(C)C(=O)c1cnn2c1CCCC2. The molecule has 0 spiro atoms. The van der Waals surface area contributed by atoms with Crippen LogP contribution < -0.4 is 0 Å².